The van der Waals surface area contributed by atoms with Gasteiger partial charge in [0.1, 0.15) is 0 Å². The molecule has 9 nitrogen and oxygen atoms in total. The first-order chi connectivity index (χ1) is 15.2. The SMILES string of the molecule is C#CC1(NS(=O)(=O)C2CCC3C(C2)C(=O)N(CC2CNN(C)C2)C(=O)N3CC2CC2)CC1. The third kappa shape index (κ3) is 4.16. The Kier molecular flexibility index (Phi) is 5.52. The lowest BCUT2D eigenvalue weighted by molar-refractivity contribution is -0.141. The van der Waals surface area contributed by atoms with Gasteiger partial charge in [0.05, 0.1) is 16.7 Å². The van der Waals surface area contributed by atoms with Crippen molar-refractivity contribution in [2.75, 3.05) is 33.2 Å². The number of hydrogen-bond acceptors (Lipinski definition) is 6. The summed E-state index contributed by atoms with van der Waals surface area (Å²) in [6.07, 6.45) is 10.3. The van der Waals surface area contributed by atoms with Crippen LogP contribution >= 0.6 is 0 Å². The fraction of sp³-hybridized carbons (Fsp3) is 0.818. The third-order valence-corrected chi connectivity index (χ3v) is 9.78. The highest BCUT2D eigenvalue weighted by Gasteiger charge is 2.53. The second-order valence-corrected chi connectivity index (χ2v) is 12.4. The number of amides is 3. The zero-order valence-electron chi connectivity index (χ0n) is 18.6. The highest BCUT2D eigenvalue weighted by Crippen LogP contribution is 2.41. The van der Waals surface area contributed by atoms with Crippen molar-refractivity contribution in [1.29, 1.82) is 0 Å². The van der Waals surface area contributed by atoms with Gasteiger partial charge < -0.3 is 4.90 Å². The van der Waals surface area contributed by atoms with Gasteiger partial charge in [-0.2, -0.15) is 4.72 Å². The maximum absolute atomic E-state index is 13.5. The fourth-order valence-electron chi connectivity index (χ4n) is 5.53. The van der Waals surface area contributed by atoms with Crippen LogP contribution in [0.5, 0.6) is 0 Å². The molecule has 0 spiro atoms. The average molecular weight is 464 g/mol. The topological polar surface area (TPSA) is 102 Å². The summed E-state index contributed by atoms with van der Waals surface area (Å²) in [5.41, 5.74) is 2.48. The Bertz CT molecular complexity index is 938. The molecule has 0 bridgehead atoms. The smallest absolute Gasteiger partial charge is 0.320 e. The molecule has 0 aromatic rings. The van der Waals surface area contributed by atoms with Gasteiger partial charge in [-0.3, -0.25) is 15.1 Å². The van der Waals surface area contributed by atoms with Gasteiger partial charge in [0.25, 0.3) is 0 Å². The maximum Gasteiger partial charge on any atom is 0.326 e. The summed E-state index contributed by atoms with van der Waals surface area (Å²) in [5.74, 6) is 2.56. The van der Waals surface area contributed by atoms with Crippen LogP contribution < -0.4 is 10.1 Å². The Morgan fingerprint density at radius 3 is 2.50 bits per heavy atom. The Balaban J connectivity index is 1.35. The van der Waals surface area contributed by atoms with Gasteiger partial charge in [0, 0.05) is 45.2 Å². The van der Waals surface area contributed by atoms with E-state index in [1.165, 1.54) is 4.90 Å². The van der Waals surface area contributed by atoms with Crippen molar-refractivity contribution in [3.8, 4) is 12.3 Å². The van der Waals surface area contributed by atoms with E-state index >= 15 is 0 Å². The zero-order valence-corrected chi connectivity index (χ0v) is 19.4. The number of carbonyl (C=O) groups is 2. The second-order valence-electron chi connectivity index (χ2n) is 10.4. The van der Waals surface area contributed by atoms with Crippen molar-refractivity contribution in [2.45, 2.75) is 61.8 Å². The molecule has 5 rings (SSSR count). The minimum atomic E-state index is -3.64. The zero-order chi connectivity index (χ0) is 22.7. The first kappa shape index (κ1) is 22.1. The number of imide groups is 1. The molecule has 0 aromatic carbocycles. The second kappa shape index (κ2) is 7.97. The van der Waals surface area contributed by atoms with Crippen LogP contribution in [0.1, 0.15) is 44.9 Å². The first-order valence-electron chi connectivity index (χ1n) is 11.8. The maximum atomic E-state index is 13.5. The Labute approximate surface area is 190 Å². The van der Waals surface area contributed by atoms with Crippen LogP contribution in [0.25, 0.3) is 0 Å². The molecule has 3 saturated carbocycles. The molecular weight excluding hydrogens is 430 g/mol. The number of rotatable bonds is 7. The summed E-state index contributed by atoms with van der Waals surface area (Å²) in [6.45, 7) is 2.53. The van der Waals surface area contributed by atoms with E-state index in [1.807, 2.05) is 17.0 Å². The predicted molar refractivity (Wildman–Crippen MR) is 118 cm³/mol. The van der Waals surface area contributed by atoms with Crippen molar-refractivity contribution in [3.05, 3.63) is 0 Å². The highest BCUT2D eigenvalue weighted by atomic mass is 32.2. The molecule has 0 aromatic heterocycles. The van der Waals surface area contributed by atoms with Gasteiger partial charge in [0.2, 0.25) is 15.9 Å². The monoisotopic (exact) mass is 463 g/mol. The molecule has 3 aliphatic carbocycles. The number of terminal acetylenes is 1. The lowest BCUT2D eigenvalue weighted by Gasteiger charge is -2.48. The minimum Gasteiger partial charge on any atom is -0.320 e. The van der Waals surface area contributed by atoms with E-state index in [0.29, 0.717) is 44.7 Å². The number of nitrogens with one attached hydrogen (secondary N) is 2. The molecule has 3 amide bonds. The average Bonchev–Trinajstić information content (AvgIpc) is 3.69. The Morgan fingerprint density at radius 1 is 1.16 bits per heavy atom. The normalized spacial score (nSPS) is 35.0. The third-order valence-electron chi connectivity index (χ3n) is 7.80. The molecule has 2 saturated heterocycles. The quantitative estimate of drug-likeness (QED) is 0.529. The van der Waals surface area contributed by atoms with Crippen molar-refractivity contribution in [1.82, 2.24) is 25.0 Å². The van der Waals surface area contributed by atoms with Crippen LogP contribution in [-0.2, 0) is 14.8 Å². The van der Waals surface area contributed by atoms with Gasteiger partial charge in [-0.15, -0.1) is 6.42 Å². The largest absolute Gasteiger partial charge is 0.326 e. The summed E-state index contributed by atoms with van der Waals surface area (Å²) < 4.78 is 28.9. The molecule has 10 heteroatoms. The van der Waals surface area contributed by atoms with Crippen LogP contribution in [-0.4, -0.2) is 85.2 Å². The predicted octanol–water partition coefficient (Wildman–Crippen LogP) is 0.349. The number of nitrogens with zero attached hydrogens (tertiary/aromatic N) is 3. The highest BCUT2D eigenvalue weighted by molar-refractivity contribution is 7.90. The molecule has 0 radical (unpaired) electrons. The summed E-state index contributed by atoms with van der Waals surface area (Å²) in [5, 5.41) is 1.32. The van der Waals surface area contributed by atoms with Gasteiger partial charge in [-0.1, -0.05) is 5.92 Å². The molecular formula is C22H33N5O4S. The van der Waals surface area contributed by atoms with Crippen LogP contribution in [0.2, 0.25) is 0 Å². The molecule has 2 N–H and O–H groups in total. The van der Waals surface area contributed by atoms with E-state index in [9.17, 15) is 18.0 Å². The Morgan fingerprint density at radius 2 is 1.91 bits per heavy atom. The number of hydrogen-bond donors (Lipinski definition) is 2. The summed E-state index contributed by atoms with van der Waals surface area (Å²) in [6, 6.07) is -0.397. The van der Waals surface area contributed by atoms with E-state index in [4.69, 9.17) is 6.42 Å². The number of sulfonamides is 1. The number of hydrazine groups is 1. The standard InChI is InChI=1S/C22H33N5O4S/c1-3-22(8-9-22)24-32(30,31)17-6-7-19-18(10-17)20(28)27(14-16-11-23-25(2)12-16)21(29)26(19)13-15-4-5-15/h1,15-19,23-24H,4-14H2,2H3. The molecule has 2 heterocycles. The molecule has 176 valence electrons. The van der Waals surface area contributed by atoms with Crippen molar-refractivity contribution < 1.29 is 18.0 Å². The molecule has 5 fully saturated rings. The number of carbonyl (C=O) groups excluding carboxylic acids is 2. The summed E-state index contributed by atoms with van der Waals surface area (Å²) in [4.78, 5) is 30.2. The number of fused-ring (bicyclic) bond motifs is 1. The van der Waals surface area contributed by atoms with Crippen molar-refractivity contribution in [3.63, 3.8) is 0 Å². The van der Waals surface area contributed by atoms with Gasteiger partial charge >= 0.3 is 6.03 Å². The van der Waals surface area contributed by atoms with Crippen LogP contribution in [0.4, 0.5) is 4.79 Å². The van der Waals surface area contributed by atoms with E-state index in [0.717, 1.165) is 25.9 Å². The lowest BCUT2D eigenvalue weighted by atomic mass is 9.80. The molecule has 4 atom stereocenters. The van der Waals surface area contributed by atoms with Crippen LogP contribution in [0.3, 0.4) is 0 Å². The van der Waals surface area contributed by atoms with Crippen molar-refractivity contribution in [2.24, 2.45) is 17.8 Å². The van der Waals surface area contributed by atoms with Crippen LogP contribution in [0.15, 0.2) is 0 Å². The lowest BCUT2D eigenvalue weighted by Crippen LogP contribution is -2.65. The fourth-order valence-corrected chi connectivity index (χ4v) is 7.41. The first-order valence-corrected chi connectivity index (χ1v) is 13.3. The molecule has 4 unspecified atom stereocenters. The minimum absolute atomic E-state index is 0.169. The van der Waals surface area contributed by atoms with Gasteiger partial charge in [0.15, 0.2) is 0 Å². The van der Waals surface area contributed by atoms with E-state index in [2.05, 4.69) is 16.1 Å². The van der Waals surface area contributed by atoms with E-state index in [-0.39, 0.29) is 30.3 Å². The van der Waals surface area contributed by atoms with Crippen LogP contribution in [0, 0.1) is 30.1 Å². The molecule has 5 aliphatic rings. The molecule has 2 aliphatic heterocycles. The van der Waals surface area contributed by atoms with Crippen molar-refractivity contribution >= 4 is 22.0 Å². The van der Waals surface area contributed by atoms with Gasteiger partial charge in [-0.25, -0.2) is 18.2 Å². The van der Waals surface area contributed by atoms with E-state index < -0.39 is 26.7 Å². The van der Waals surface area contributed by atoms with E-state index in [1.54, 1.807) is 0 Å². The van der Waals surface area contributed by atoms with Gasteiger partial charge in [-0.05, 0) is 50.9 Å². The summed E-state index contributed by atoms with van der Waals surface area (Å²) >= 11 is 0. The Hall–Kier alpha value is -1.67. The number of urea groups is 1. The molecule has 32 heavy (non-hydrogen) atoms. The summed E-state index contributed by atoms with van der Waals surface area (Å²) in [7, 11) is -1.69.